The van der Waals surface area contributed by atoms with Gasteiger partial charge in [-0.3, -0.25) is 0 Å². The molecule has 0 aliphatic heterocycles. The summed E-state index contributed by atoms with van der Waals surface area (Å²) in [4.78, 5) is 0. The van der Waals surface area contributed by atoms with Gasteiger partial charge in [0, 0.05) is 13.2 Å². The average Bonchev–Trinajstić information content (AvgIpc) is 2.68. The van der Waals surface area contributed by atoms with Crippen molar-refractivity contribution >= 4 is 18.7 Å². The van der Waals surface area contributed by atoms with Crippen molar-refractivity contribution in [2.24, 2.45) is 5.92 Å². The molecular formula is C24H36O3Si. The molecule has 2 N–H and O–H groups in total. The number of aliphatic hydroxyl groups is 2. The maximum Gasteiger partial charge on any atom is 0.261 e. The topological polar surface area (TPSA) is 49.7 Å². The van der Waals surface area contributed by atoms with E-state index in [4.69, 9.17) is 9.53 Å². The van der Waals surface area contributed by atoms with E-state index in [9.17, 15) is 5.11 Å². The average molecular weight is 401 g/mol. The molecule has 0 aliphatic carbocycles. The molecule has 28 heavy (non-hydrogen) atoms. The van der Waals surface area contributed by atoms with Crippen LogP contribution in [0.4, 0.5) is 0 Å². The first-order valence-corrected chi connectivity index (χ1v) is 12.3. The molecule has 0 aromatic heterocycles. The highest BCUT2D eigenvalue weighted by Crippen LogP contribution is 2.36. The number of rotatable bonds is 10. The number of benzene rings is 2. The van der Waals surface area contributed by atoms with Gasteiger partial charge in [0.15, 0.2) is 0 Å². The van der Waals surface area contributed by atoms with Gasteiger partial charge in [-0.1, -0.05) is 88.4 Å². The van der Waals surface area contributed by atoms with Gasteiger partial charge in [-0.15, -0.1) is 0 Å². The van der Waals surface area contributed by atoms with Crippen LogP contribution in [-0.2, 0) is 4.43 Å². The Morgan fingerprint density at radius 2 is 1.39 bits per heavy atom. The second kappa shape index (κ2) is 10.4. The van der Waals surface area contributed by atoms with Crippen LogP contribution in [0.25, 0.3) is 0 Å². The molecule has 3 nitrogen and oxygen atoms in total. The Hall–Kier alpha value is -1.46. The lowest BCUT2D eigenvalue weighted by molar-refractivity contribution is 0.0843. The van der Waals surface area contributed by atoms with E-state index in [1.54, 1.807) is 0 Å². The Balaban J connectivity index is 2.25. The molecule has 0 amide bonds. The summed E-state index contributed by atoms with van der Waals surface area (Å²) in [5.74, 6) is 0.109. The second-order valence-electron chi connectivity index (χ2n) is 8.71. The van der Waals surface area contributed by atoms with Gasteiger partial charge in [-0.25, -0.2) is 0 Å². The lowest BCUT2D eigenvalue weighted by Crippen LogP contribution is -2.66. The van der Waals surface area contributed by atoms with Gasteiger partial charge in [-0.2, -0.15) is 0 Å². The Morgan fingerprint density at radius 1 is 0.893 bits per heavy atom. The third-order valence-electron chi connectivity index (χ3n) is 5.62. The van der Waals surface area contributed by atoms with Crippen LogP contribution < -0.4 is 10.4 Å². The van der Waals surface area contributed by atoms with Crippen molar-refractivity contribution in [3.63, 3.8) is 0 Å². The maximum atomic E-state index is 10.3. The summed E-state index contributed by atoms with van der Waals surface area (Å²) in [7, 11) is -2.49. The molecule has 0 bridgehead atoms. The molecule has 154 valence electrons. The molecule has 0 saturated heterocycles. The first-order chi connectivity index (χ1) is 13.3. The Morgan fingerprint density at radius 3 is 1.82 bits per heavy atom. The maximum absolute atomic E-state index is 10.3. The predicted molar refractivity (Wildman–Crippen MR) is 120 cm³/mol. The standard InChI is InChI=1S/C24H36O3Si/c1-20(17-18-25)23(26)16-11-19-27-28(24(2,3)4,21-12-7-5-8-13-21)22-14-9-6-10-15-22/h5-10,12-15,20,23,25-26H,11,16-19H2,1-4H3/t20-,23+/m0/s1. The summed E-state index contributed by atoms with van der Waals surface area (Å²) in [5.41, 5.74) is 0. The highest BCUT2D eigenvalue weighted by Gasteiger charge is 2.49. The molecule has 4 heteroatoms. The van der Waals surface area contributed by atoms with E-state index in [0.29, 0.717) is 19.4 Å². The largest absolute Gasteiger partial charge is 0.407 e. The third kappa shape index (κ3) is 5.32. The van der Waals surface area contributed by atoms with Gasteiger partial charge >= 0.3 is 0 Å². The van der Waals surface area contributed by atoms with E-state index < -0.39 is 14.4 Å². The minimum absolute atomic E-state index is 0.0293. The van der Waals surface area contributed by atoms with Gasteiger partial charge < -0.3 is 14.6 Å². The van der Waals surface area contributed by atoms with Crippen LogP contribution in [0.3, 0.4) is 0 Å². The first kappa shape index (κ1) is 22.8. The van der Waals surface area contributed by atoms with Crippen LogP contribution >= 0.6 is 0 Å². The molecule has 2 aromatic rings. The van der Waals surface area contributed by atoms with Gasteiger partial charge in [0.1, 0.15) is 0 Å². The van der Waals surface area contributed by atoms with Crippen molar-refractivity contribution in [1.29, 1.82) is 0 Å². The molecule has 0 saturated carbocycles. The fourth-order valence-electron chi connectivity index (χ4n) is 3.96. The zero-order chi connectivity index (χ0) is 20.6. The SMILES string of the molecule is C[C@@H](CCO)[C@H](O)CCCO[Si](c1ccccc1)(c1ccccc1)C(C)(C)C. The van der Waals surface area contributed by atoms with E-state index in [0.717, 1.165) is 6.42 Å². The monoisotopic (exact) mass is 400 g/mol. The Labute approximate surface area is 171 Å². The summed E-state index contributed by atoms with van der Waals surface area (Å²) in [6.07, 6.45) is 1.74. The minimum Gasteiger partial charge on any atom is -0.407 e. The van der Waals surface area contributed by atoms with Crippen molar-refractivity contribution in [2.75, 3.05) is 13.2 Å². The molecule has 0 heterocycles. The third-order valence-corrected chi connectivity index (χ3v) is 10.7. The highest BCUT2D eigenvalue weighted by atomic mass is 28.4. The van der Waals surface area contributed by atoms with E-state index in [-0.39, 0.29) is 17.6 Å². The van der Waals surface area contributed by atoms with Gasteiger partial charge in [0.25, 0.3) is 8.32 Å². The minimum atomic E-state index is -2.49. The van der Waals surface area contributed by atoms with Crippen molar-refractivity contribution in [3.8, 4) is 0 Å². The van der Waals surface area contributed by atoms with Crippen molar-refractivity contribution in [2.45, 2.75) is 58.1 Å². The summed E-state index contributed by atoms with van der Waals surface area (Å²) >= 11 is 0. The van der Waals surface area contributed by atoms with Crippen LogP contribution in [0, 0.1) is 5.92 Å². The number of hydrogen-bond donors (Lipinski definition) is 2. The van der Waals surface area contributed by atoms with Crippen LogP contribution in [0.5, 0.6) is 0 Å². The molecule has 0 aliphatic rings. The molecule has 0 radical (unpaired) electrons. The molecule has 2 rings (SSSR count). The molecule has 2 atom stereocenters. The quantitative estimate of drug-likeness (QED) is 0.472. The molecule has 0 unspecified atom stereocenters. The van der Waals surface area contributed by atoms with E-state index in [2.05, 4.69) is 81.4 Å². The van der Waals surface area contributed by atoms with Gasteiger partial charge in [0.2, 0.25) is 0 Å². The fraction of sp³-hybridized carbons (Fsp3) is 0.500. The highest BCUT2D eigenvalue weighted by molar-refractivity contribution is 6.99. The van der Waals surface area contributed by atoms with E-state index in [1.807, 2.05) is 6.92 Å². The second-order valence-corrected chi connectivity index (χ2v) is 13.0. The van der Waals surface area contributed by atoms with Crippen LogP contribution in [0.1, 0.15) is 47.0 Å². The van der Waals surface area contributed by atoms with Gasteiger partial charge in [-0.05, 0) is 40.6 Å². The molecule has 2 aromatic carbocycles. The van der Waals surface area contributed by atoms with Crippen LogP contribution in [-0.4, -0.2) is 37.8 Å². The molecule has 0 fully saturated rings. The fourth-order valence-corrected chi connectivity index (χ4v) is 8.57. The summed E-state index contributed by atoms with van der Waals surface area (Å²) < 4.78 is 6.83. The van der Waals surface area contributed by atoms with Crippen molar-refractivity contribution < 1.29 is 14.6 Å². The molecular weight excluding hydrogens is 364 g/mol. The lowest BCUT2D eigenvalue weighted by atomic mass is 9.98. The van der Waals surface area contributed by atoms with Crippen LogP contribution in [0.2, 0.25) is 5.04 Å². The van der Waals surface area contributed by atoms with Gasteiger partial charge in [0.05, 0.1) is 6.10 Å². The normalized spacial score (nSPS) is 14.6. The zero-order valence-corrected chi connectivity index (χ0v) is 18.8. The van der Waals surface area contributed by atoms with E-state index in [1.165, 1.54) is 10.4 Å². The zero-order valence-electron chi connectivity index (χ0n) is 17.8. The summed E-state index contributed by atoms with van der Waals surface area (Å²) in [5, 5.41) is 21.9. The number of hydrogen-bond acceptors (Lipinski definition) is 3. The Kier molecular flexibility index (Phi) is 8.44. The Bertz CT molecular complexity index is 643. The predicted octanol–water partition coefficient (Wildman–Crippen LogP) is 3.72. The van der Waals surface area contributed by atoms with E-state index >= 15 is 0 Å². The summed E-state index contributed by atoms with van der Waals surface area (Å²) in [6.45, 7) is 9.56. The van der Waals surface area contributed by atoms with Crippen molar-refractivity contribution in [3.05, 3.63) is 60.7 Å². The lowest BCUT2D eigenvalue weighted by Gasteiger charge is -2.43. The smallest absolute Gasteiger partial charge is 0.261 e. The first-order valence-electron chi connectivity index (χ1n) is 10.4. The number of aliphatic hydroxyl groups excluding tert-OH is 2. The van der Waals surface area contributed by atoms with Crippen LogP contribution in [0.15, 0.2) is 60.7 Å². The summed E-state index contributed by atoms with van der Waals surface area (Å²) in [6, 6.07) is 21.3. The molecule has 0 spiro atoms. The van der Waals surface area contributed by atoms with Crippen molar-refractivity contribution in [1.82, 2.24) is 0 Å².